The fourth-order valence-corrected chi connectivity index (χ4v) is 11.3. The smallest absolute Gasteiger partial charge is 0.330 e. The molecule has 494 valence electrons. The number of nitrogens with one attached hydrogen (secondary N) is 2. The van der Waals surface area contributed by atoms with Gasteiger partial charge in [0.25, 0.3) is 5.91 Å². The summed E-state index contributed by atoms with van der Waals surface area (Å²) in [7, 11) is 7.42. The van der Waals surface area contributed by atoms with Crippen molar-refractivity contribution >= 4 is 70.7 Å². The lowest BCUT2D eigenvalue weighted by molar-refractivity contribution is -0.165. The number of methoxy groups -OCH3 is 2. The van der Waals surface area contributed by atoms with Crippen LogP contribution in [0.5, 0.6) is 11.5 Å². The summed E-state index contributed by atoms with van der Waals surface area (Å²) in [6.45, 7) is 11.5. The van der Waals surface area contributed by atoms with Gasteiger partial charge in [-0.3, -0.25) is 43.2 Å². The van der Waals surface area contributed by atoms with Gasteiger partial charge in [0.15, 0.2) is 11.5 Å². The fourth-order valence-electron chi connectivity index (χ4n) is 11.3. The Hall–Kier alpha value is -8.63. The predicted molar refractivity (Wildman–Crippen MR) is 337 cm³/mol. The molecule has 0 spiro atoms. The number of benzene rings is 3. The number of anilines is 1. The molecule has 2 saturated heterocycles. The molecule has 3 heterocycles. The number of aryl methyl sites for hydroxylation is 1. The van der Waals surface area contributed by atoms with E-state index in [4.69, 9.17) is 23.7 Å². The topological polar surface area (TPSA) is 274 Å². The third-order valence-electron chi connectivity index (χ3n) is 16.4. The summed E-state index contributed by atoms with van der Waals surface area (Å²) in [6, 6.07) is 14.1. The lowest BCUT2D eigenvalue weighted by atomic mass is 9.87. The highest BCUT2D eigenvalue weighted by atomic mass is 16.6. The van der Waals surface area contributed by atoms with Crippen LogP contribution in [-0.4, -0.2) is 181 Å². The number of amides is 7. The van der Waals surface area contributed by atoms with Gasteiger partial charge >= 0.3 is 17.9 Å². The Morgan fingerprint density at radius 1 is 0.703 bits per heavy atom. The minimum Gasteiger partial charge on any atom is -0.493 e. The average molecular weight is 1260 g/mol. The number of hydrogen-bond acceptors (Lipinski definition) is 16. The zero-order valence-corrected chi connectivity index (χ0v) is 54.7. The number of esters is 3. The molecule has 2 N–H and O–H groups in total. The first-order valence-corrected chi connectivity index (χ1v) is 31.2. The fraction of sp³-hybridized carbons (Fsp3) is 0.544. The Kier molecular flexibility index (Phi) is 25.4. The number of likely N-dealkylation sites (N-methyl/N-ethyl adjacent to an activating group) is 3. The van der Waals surface area contributed by atoms with Crippen LogP contribution in [0.3, 0.4) is 0 Å². The molecule has 23 heteroatoms. The number of rotatable bonds is 10. The van der Waals surface area contributed by atoms with Crippen molar-refractivity contribution in [3.05, 3.63) is 102 Å². The minimum absolute atomic E-state index is 0.0701. The highest BCUT2D eigenvalue weighted by Gasteiger charge is 2.46. The summed E-state index contributed by atoms with van der Waals surface area (Å²) in [4.78, 5) is 163. The van der Waals surface area contributed by atoms with Crippen molar-refractivity contribution in [2.24, 2.45) is 11.3 Å². The van der Waals surface area contributed by atoms with E-state index in [0.717, 1.165) is 16.5 Å². The molecule has 7 amide bonds. The van der Waals surface area contributed by atoms with Crippen molar-refractivity contribution < 1.29 is 76.4 Å². The standard InChI is InChI=1S/C68H91N7O16/c1-43(2)38-50-61(81)71(8)35-18-17-28-57(78)89-42-68(6,7)60(80)65(85)75-36-19-16-26-49(75)66(86)90-52(31-29-44-30-32-53(87-11)54(39-44)88-12)46-24-20-25-47(40-46)69-55(76)33-34-56(77)70-59(45-22-14-13-15-23-45)64(84)73(10)51(41-58(79)91-67(3,4)5)63(83)74-37-21-27-48(74)62(82)72(50)9/h13-15,17,20,22-25,28,30,32,39-40,43,48-52,59H,16,18-19,21,26-27,29,31,33-38,41-42H2,1-12H3,(H,69,76)(H,70,77)/b28-17+/t48-,49+,50+,51+,52-,59?/m1/s1. The second-order valence-electron chi connectivity index (χ2n) is 25.6. The van der Waals surface area contributed by atoms with Gasteiger partial charge in [-0.1, -0.05) is 68.5 Å². The first-order valence-electron chi connectivity index (χ1n) is 31.2. The van der Waals surface area contributed by atoms with E-state index in [0.29, 0.717) is 54.0 Å². The number of nitrogens with zero attached hydrogens (tertiary/aromatic N) is 5. The van der Waals surface area contributed by atoms with E-state index >= 15 is 4.79 Å². The van der Waals surface area contributed by atoms with Crippen LogP contribution in [0.25, 0.3) is 0 Å². The minimum atomic E-state index is -1.54. The van der Waals surface area contributed by atoms with Crippen LogP contribution in [0.15, 0.2) is 84.9 Å². The van der Waals surface area contributed by atoms with Crippen LogP contribution in [0.1, 0.15) is 148 Å². The van der Waals surface area contributed by atoms with Crippen LogP contribution >= 0.6 is 0 Å². The monoisotopic (exact) mass is 1260 g/mol. The quantitative estimate of drug-likeness (QED) is 0.119. The molecule has 91 heavy (non-hydrogen) atoms. The first-order chi connectivity index (χ1) is 43.0. The second-order valence-corrected chi connectivity index (χ2v) is 25.6. The lowest BCUT2D eigenvalue weighted by Gasteiger charge is -2.37. The van der Waals surface area contributed by atoms with Gasteiger partial charge in [-0.15, -0.1) is 0 Å². The van der Waals surface area contributed by atoms with Crippen molar-refractivity contribution in [1.29, 1.82) is 0 Å². The Balaban J connectivity index is 1.35. The average Bonchev–Trinajstić information content (AvgIpc) is 1.95. The number of carbonyl (C=O) groups excluding carboxylic acids is 11. The normalized spacial score (nSPS) is 23.4. The number of cyclic esters (lactones) is 2. The first kappa shape index (κ1) is 71.4. The van der Waals surface area contributed by atoms with Gasteiger partial charge in [-0.2, -0.15) is 0 Å². The molecule has 3 aromatic rings. The van der Waals surface area contributed by atoms with E-state index in [1.807, 2.05) is 19.9 Å². The number of ketones is 1. The van der Waals surface area contributed by atoms with Gasteiger partial charge < -0.3 is 58.8 Å². The van der Waals surface area contributed by atoms with Crippen LogP contribution < -0.4 is 20.1 Å². The van der Waals surface area contributed by atoms with Gasteiger partial charge in [-0.25, -0.2) is 9.59 Å². The Labute approximate surface area is 533 Å². The van der Waals surface area contributed by atoms with Gasteiger partial charge in [0, 0.05) is 65.4 Å². The maximum absolute atomic E-state index is 15.1. The molecule has 6 rings (SSSR count). The summed E-state index contributed by atoms with van der Waals surface area (Å²) >= 11 is 0. The zero-order chi connectivity index (χ0) is 66.9. The number of Topliss-reactive ketones (excluding diaryl/α,β-unsaturated/α-hetero) is 1. The van der Waals surface area contributed by atoms with Crippen LogP contribution in [-0.2, 0) is 73.4 Å². The van der Waals surface area contributed by atoms with E-state index in [1.54, 1.807) is 94.5 Å². The molecular formula is C68H91N7O16. The highest BCUT2D eigenvalue weighted by Crippen LogP contribution is 2.34. The van der Waals surface area contributed by atoms with Gasteiger partial charge in [-0.05, 0) is 139 Å². The number of carbonyl (C=O) groups is 11. The van der Waals surface area contributed by atoms with Crippen molar-refractivity contribution in [2.45, 2.75) is 167 Å². The maximum Gasteiger partial charge on any atom is 0.330 e. The Morgan fingerprint density at radius 2 is 1.36 bits per heavy atom. The molecule has 0 saturated carbocycles. The third-order valence-corrected chi connectivity index (χ3v) is 16.4. The number of ether oxygens (including phenoxy) is 5. The van der Waals surface area contributed by atoms with E-state index in [9.17, 15) is 47.9 Å². The third kappa shape index (κ3) is 19.7. The number of fused-ring (bicyclic) bond motifs is 4. The summed E-state index contributed by atoms with van der Waals surface area (Å²) in [5.41, 5.74) is -0.600. The van der Waals surface area contributed by atoms with Crippen LogP contribution in [0, 0.1) is 11.3 Å². The number of hydrogen-bond donors (Lipinski definition) is 2. The second kappa shape index (κ2) is 32.4. The zero-order valence-electron chi connectivity index (χ0n) is 54.7. The molecule has 0 aliphatic carbocycles. The lowest BCUT2D eigenvalue weighted by Crippen LogP contribution is -2.58. The van der Waals surface area contributed by atoms with Crippen LogP contribution in [0.4, 0.5) is 5.69 Å². The van der Waals surface area contributed by atoms with E-state index in [1.165, 1.54) is 67.8 Å². The SMILES string of the molecule is COc1ccc(CC[C@H]2OC(=O)[C@@H]3CCCCN3C(=O)C(=O)C(C)(C)COC(=O)/C=C/CCN(C)C(=O)[C@H](CC(C)C)N(C)C(=O)[C@H]3CCCN3C(=O)[C@H](CC(=O)OC(C)(C)C)N(C)C(=O)C(c3ccccc3)NC(=O)CCC(=O)Nc3cccc2c3)cc1OC. The molecular weight excluding hydrogens is 1170 g/mol. The van der Waals surface area contributed by atoms with Crippen LogP contribution in [0.2, 0.25) is 0 Å². The van der Waals surface area contributed by atoms with E-state index in [-0.39, 0.29) is 64.1 Å². The van der Waals surface area contributed by atoms with Crippen molar-refractivity contribution in [3.8, 4) is 11.5 Å². The Morgan fingerprint density at radius 3 is 2.04 bits per heavy atom. The Bertz CT molecular complexity index is 3160. The van der Waals surface area contributed by atoms with Crippen molar-refractivity contribution in [3.63, 3.8) is 0 Å². The largest absolute Gasteiger partial charge is 0.493 e. The van der Waals surface area contributed by atoms with E-state index in [2.05, 4.69) is 10.6 Å². The predicted octanol–water partition coefficient (Wildman–Crippen LogP) is 6.86. The molecule has 3 aliphatic heterocycles. The van der Waals surface area contributed by atoms with Crippen molar-refractivity contribution in [2.75, 3.05) is 66.9 Å². The highest BCUT2D eigenvalue weighted by molar-refractivity contribution is 6.38. The van der Waals surface area contributed by atoms with Gasteiger partial charge in [0.1, 0.15) is 48.5 Å². The summed E-state index contributed by atoms with van der Waals surface area (Å²) in [5, 5.41) is 5.58. The maximum atomic E-state index is 15.1. The summed E-state index contributed by atoms with van der Waals surface area (Å²) in [5.74, 6) is -7.03. The molecule has 3 aromatic carbocycles. The number of piperidine rings is 1. The molecule has 6 atom stereocenters. The van der Waals surface area contributed by atoms with E-state index < -0.39 is 132 Å². The molecule has 2 bridgehead atoms. The molecule has 0 radical (unpaired) electrons. The van der Waals surface area contributed by atoms with Gasteiger partial charge in [0.2, 0.25) is 41.2 Å². The molecule has 23 nitrogen and oxygen atoms in total. The molecule has 0 aromatic heterocycles. The molecule has 2 fully saturated rings. The van der Waals surface area contributed by atoms with Crippen molar-refractivity contribution in [1.82, 2.24) is 29.8 Å². The molecule has 1 unspecified atom stereocenters. The summed E-state index contributed by atoms with van der Waals surface area (Å²) in [6.07, 6.45) is 3.15. The van der Waals surface area contributed by atoms with Gasteiger partial charge in [0.05, 0.1) is 26.1 Å². The molecule has 3 aliphatic rings. The summed E-state index contributed by atoms with van der Waals surface area (Å²) < 4.78 is 28.5.